The van der Waals surface area contributed by atoms with Gasteiger partial charge in [-0.05, 0) is 47.1 Å². The van der Waals surface area contributed by atoms with Crippen LogP contribution in [0.5, 0.6) is 5.88 Å². The molecule has 4 nitrogen and oxygen atoms in total. The first-order valence-corrected chi connectivity index (χ1v) is 6.76. The minimum atomic E-state index is -0.492. The van der Waals surface area contributed by atoms with Gasteiger partial charge in [0.15, 0.2) is 0 Å². The highest BCUT2D eigenvalue weighted by Crippen LogP contribution is 2.24. The number of carbonyl (C=O) groups excluding carboxylic acids is 1. The van der Waals surface area contributed by atoms with E-state index < -0.39 is 11.7 Å². The van der Waals surface area contributed by atoms with Crippen LogP contribution in [-0.2, 0) is 0 Å². The van der Waals surface area contributed by atoms with Gasteiger partial charge in [-0.25, -0.2) is 9.37 Å². The molecule has 1 amide bonds. The maximum atomic E-state index is 13.4. The van der Waals surface area contributed by atoms with Gasteiger partial charge in [0.25, 0.3) is 5.91 Å². The number of nitrogens with zero attached hydrogens (tertiary/aromatic N) is 1. The molecule has 0 spiro atoms. The second-order valence-electron chi connectivity index (χ2n) is 3.84. The van der Waals surface area contributed by atoms with Crippen LogP contribution < -0.4 is 10.1 Å². The van der Waals surface area contributed by atoms with E-state index in [1.165, 1.54) is 18.2 Å². The predicted octanol–water partition coefficient (Wildman–Crippen LogP) is 3.63. The Kier molecular flexibility index (Phi) is 4.68. The molecule has 6 heteroatoms. The van der Waals surface area contributed by atoms with Gasteiger partial charge >= 0.3 is 0 Å². The number of ether oxygens (including phenoxy) is 1. The molecule has 104 valence electrons. The Morgan fingerprint density at radius 1 is 1.40 bits per heavy atom. The minimum Gasteiger partial charge on any atom is -0.476 e. The lowest BCUT2D eigenvalue weighted by molar-refractivity contribution is 0.102. The molecule has 0 fully saturated rings. The first-order chi connectivity index (χ1) is 9.63. The number of hydrogen-bond donors (Lipinski definition) is 1. The predicted molar refractivity (Wildman–Crippen MR) is 77.5 cm³/mol. The zero-order chi connectivity index (χ0) is 14.5. The van der Waals surface area contributed by atoms with Crippen LogP contribution >= 0.6 is 15.9 Å². The Morgan fingerprint density at radius 2 is 2.20 bits per heavy atom. The third-order valence-corrected chi connectivity index (χ3v) is 3.30. The van der Waals surface area contributed by atoms with Crippen LogP contribution in [0.3, 0.4) is 0 Å². The maximum Gasteiger partial charge on any atom is 0.257 e. The summed E-state index contributed by atoms with van der Waals surface area (Å²) in [4.78, 5) is 16.2. The molecule has 1 aromatic heterocycles. The van der Waals surface area contributed by atoms with E-state index in [-0.39, 0.29) is 10.0 Å². The van der Waals surface area contributed by atoms with Crippen LogP contribution in [0.15, 0.2) is 41.0 Å². The normalized spacial score (nSPS) is 10.2. The standard InChI is InChI=1S/C14H12BrFN2O2/c1-2-20-14-11(7-4-8-17-14)18-13(19)9-5-3-6-10(16)12(9)15/h3-8H,2H2,1H3,(H,18,19). The first kappa shape index (κ1) is 14.5. The third-order valence-electron chi connectivity index (χ3n) is 2.50. The van der Waals surface area contributed by atoms with Gasteiger partial charge in [-0.1, -0.05) is 6.07 Å². The van der Waals surface area contributed by atoms with Gasteiger partial charge in [0.05, 0.1) is 16.6 Å². The highest BCUT2D eigenvalue weighted by molar-refractivity contribution is 9.10. The number of rotatable bonds is 4. The van der Waals surface area contributed by atoms with E-state index in [2.05, 4.69) is 26.2 Å². The quantitative estimate of drug-likeness (QED) is 0.925. The topological polar surface area (TPSA) is 51.2 Å². The van der Waals surface area contributed by atoms with Crippen molar-refractivity contribution in [2.75, 3.05) is 11.9 Å². The molecule has 0 radical (unpaired) electrons. The number of hydrogen-bond acceptors (Lipinski definition) is 3. The van der Waals surface area contributed by atoms with Crippen LogP contribution in [0, 0.1) is 5.82 Å². The summed E-state index contributed by atoms with van der Waals surface area (Å²) in [6, 6.07) is 7.62. The van der Waals surface area contributed by atoms with E-state index in [1.54, 1.807) is 18.3 Å². The molecule has 2 aromatic rings. The molecule has 1 heterocycles. The van der Waals surface area contributed by atoms with Crippen LogP contribution in [-0.4, -0.2) is 17.5 Å². The number of carbonyl (C=O) groups is 1. The van der Waals surface area contributed by atoms with Gasteiger partial charge in [-0.2, -0.15) is 0 Å². The lowest BCUT2D eigenvalue weighted by atomic mass is 10.2. The fraction of sp³-hybridized carbons (Fsp3) is 0.143. The minimum absolute atomic E-state index is 0.124. The summed E-state index contributed by atoms with van der Waals surface area (Å²) in [5.74, 6) is -0.602. The number of halogens is 2. The van der Waals surface area contributed by atoms with Crippen molar-refractivity contribution in [2.45, 2.75) is 6.92 Å². The Bertz CT molecular complexity index is 634. The van der Waals surface area contributed by atoms with Gasteiger partial charge in [0.2, 0.25) is 5.88 Å². The van der Waals surface area contributed by atoms with Crippen LogP contribution in [0.4, 0.5) is 10.1 Å². The summed E-state index contributed by atoms with van der Waals surface area (Å²) < 4.78 is 18.9. The van der Waals surface area contributed by atoms with Crippen molar-refractivity contribution < 1.29 is 13.9 Å². The average molecular weight is 339 g/mol. The summed E-state index contributed by atoms with van der Waals surface area (Å²) in [5.41, 5.74) is 0.645. The summed E-state index contributed by atoms with van der Waals surface area (Å²) >= 11 is 3.06. The van der Waals surface area contributed by atoms with Crippen molar-refractivity contribution in [3.8, 4) is 5.88 Å². The largest absolute Gasteiger partial charge is 0.476 e. The SMILES string of the molecule is CCOc1ncccc1NC(=O)c1cccc(F)c1Br. The molecule has 2 rings (SSSR count). The van der Waals surface area contributed by atoms with Crippen LogP contribution in [0.1, 0.15) is 17.3 Å². The monoisotopic (exact) mass is 338 g/mol. The molecule has 0 atom stereocenters. The molecule has 0 aliphatic carbocycles. The highest BCUT2D eigenvalue weighted by atomic mass is 79.9. The molecular formula is C14H12BrFN2O2. The summed E-state index contributed by atoms with van der Waals surface area (Å²) in [7, 11) is 0. The summed E-state index contributed by atoms with van der Waals surface area (Å²) in [5, 5.41) is 2.66. The van der Waals surface area contributed by atoms with E-state index in [0.29, 0.717) is 18.2 Å². The molecule has 20 heavy (non-hydrogen) atoms. The number of nitrogens with one attached hydrogen (secondary N) is 1. The summed E-state index contributed by atoms with van der Waals surface area (Å²) in [6.07, 6.45) is 1.57. The number of pyridine rings is 1. The lowest BCUT2D eigenvalue weighted by Crippen LogP contribution is -2.14. The van der Waals surface area contributed by atoms with Gasteiger partial charge in [0.1, 0.15) is 11.5 Å². The fourth-order valence-electron chi connectivity index (χ4n) is 1.61. The van der Waals surface area contributed by atoms with Gasteiger partial charge < -0.3 is 10.1 Å². The Morgan fingerprint density at radius 3 is 2.95 bits per heavy atom. The van der Waals surface area contributed by atoms with Gasteiger partial charge in [-0.3, -0.25) is 4.79 Å². The molecule has 0 aliphatic rings. The number of amides is 1. The van der Waals surface area contributed by atoms with E-state index in [0.717, 1.165) is 0 Å². The molecule has 1 N–H and O–H groups in total. The van der Waals surface area contributed by atoms with Crippen molar-refractivity contribution in [2.24, 2.45) is 0 Å². The van der Waals surface area contributed by atoms with E-state index in [9.17, 15) is 9.18 Å². The maximum absolute atomic E-state index is 13.4. The fourth-order valence-corrected chi connectivity index (χ4v) is 2.05. The highest BCUT2D eigenvalue weighted by Gasteiger charge is 2.15. The Balaban J connectivity index is 2.26. The van der Waals surface area contributed by atoms with Gasteiger partial charge in [-0.15, -0.1) is 0 Å². The number of anilines is 1. The molecular weight excluding hydrogens is 327 g/mol. The van der Waals surface area contributed by atoms with Crippen LogP contribution in [0.2, 0.25) is 0 Å². The number of benzene rings is 1. The van der Waals surface area contributed by atoms with Crippen molar-refractivity contribution >= 4 is 27.5 Å². The molecule has 0 unspecified atom stereocenters. The first-order valence-electron chi connectivity index (χ1n) is 5.96. The molecule has 0 saturated carbocycles. The van der Waals surface area contributed by atoms with Crippen molar-refractivity contribution in [3.05, 3.63) is 52.4 Å². The second kappa shape index (κ2) is 6.47. The number of aromatic nitrogens is 1. The average Bonchev–Trinajstić information content (AvgIpc) is 2.44. The molecule has 1 aromatic carbocycles. The second-order valence-corrected chi connectivity index (χ2v) is 4.64. The zero-order valence-electron chi connectivity index (χ0n) is 10.7. The summed E-state index contributed by atoms with van der Waals surface area (Å²) in [6.45, 7) is 2.26. The van der Waals surface area contributed by atoms with Crippen molar-refractivity contribution in [1.82, 2.24) is 4.98 Å². The van der Waals surface area contributed by atoms with Crippen molar-refractivity contribution in [1.29, 1.82) is 0 Å². The third kappa shape index (κ3) is 3.14. The van der Waals surface area contributed by atoms with Gasteiger partial charge in [0, 0.05) is 6.20 Å². The van der Waals surface area contributed by atoms with E-state index >= 15 is 0 Å². The Hall–Kier alpha value is -1.95. The van der Waals surface area contributed by atoms with E-state index in [4.69, 9.17) is 4.74 Å². The molecule has 0 bridgehead atoms. The Labute approximate surface area is 124 Å². The lowest BCUT2D eigenvalue weighted by Gasteiger charge is -2.11. The van der Waals surface area contributed by atoms with E-state index in [1.807, 2.05) is 6.92 Å². The molecule has 0 saturated heterocycles. The smallest absolute Gasteiger partial charge is 0.257 e. The molecule has 0 aliphatic heterocycles. The van der Waals surface area contributed by atoms with Crippen molar-refractivity contribution in [3.63, 3.8) is 0 Å². The van der Waals surface area contributed by atoms with Crippen LogP contribution in [0.25, 0.3) is 0 Å². The zero-order valence-corrected chi connectivity index (χ0v) is 12.3.